The van der Waals surface area contributed by atoms with Gasteiger partial charge in [-0.15, -0.1) is 0 Å². The highest BCUT2D eigenvalue weighted by Gasteiger charge is 2.33. The number of carbonyl (C=O) groups excluding carboxylic acids is 2. The highest BCUT2D eigenvalue weighted by molar-refractivity contribution is 5.98. The average molecular weight is 427 g/mol. The normalized spacial score (nSPS) is 15.9. The number of para-hydroxylation sites is 2. The van der Waals surface area contributed by atoms with Gasteiger partial charge in [0.05, 0.1) is 0 Å². The predicted octanol–water partition coefficient (Wildman–Crippen LogP) is 6.40. The molecule has 1 aliphatic heterocycles. The van der Waals surface area contributed by atoms with Crippen molar-refractivity contribution in [1.29, 1.82) is 0 Å². The highest BCUT2D eigenvalue weighted by atomic mass is 16.5. The van der Waals surface area contributed by atoms with Crippen molar-refractivity contribution in [3.8, 4) is 11.5 Å². The quantitative estimate of drug-likeness (QED) is 0.350. The Morgan fingerprint density at radius 2 is 1.38 bits per heavy atom. The molecular formula is C28H26O4. The summed E-state index contributed by atoms with van der Waals surface area (Å²) in [5.41, 5.74) is 3.37. The van der Waals surface area contributed by atoms with Crippen LogP contribution in [0.25, 0.3) is 0 Å². The van der Waals surface area contributed by atoms with Crippen LogP contribution in [0, 0.1) is 0 Å². The molecule has 3 aromatic carbocycles. The van der Waals surface area contributed by atoms with E-state index in [9.17, 15) is 9.59 Å². The van der Waals surface area contributed by atoms with Crippen LogP contribution in [-0.2, 0) is 9.53 Å². The Morgan fingerprint density at radius 1 is 0.781 bits per heavy atom. The maximum Gasteiger partial charge on any atom is 0.318 e. The van der Waals surface area contributed by atoms with Crippen LogP contribution in [0.4, 0.5) is 0 Å². The zero-order valence-corrected chi connectivity index (χ0v) is 18.0. The number of esters is 1. The van der Waals surface area contributed by atoms with E-state index in [0.29, 0.717) is 23.0 Å². The number of hydrogen-bond donors (Lipinski definition) is 0. The zero-order chi connectivity index (χ0) is 21.9. The third kappa shape index (κ3) is 4.05. The summed E-state index contributed by atoms with van der Waals surface area (Å²) in [4.78, 5) is 25.8. The van der Waals surface area contributed by atoms with Gasteiger partial charge in [0.15, 0.2) is 12.4 Å². The van der Waals surface area contributed by atoms with Gasteiger partial charge in [0.25, 0.3) is 0 Å². The summed E-state index contributed by atoms with van der Waals surface area (Å²) in [5.74, 6) is 0.620. The molecule has 2 aliphatic rings. The molecule has 3 aromatic rings. The van der Waals surface area contributed by atoms with E-state index in [0.717, 1.165) is 11.1 Å². The Hall–Kier alpha value is -3.40. The molecule has 0 bridgehead atoms. The van der Waals surface area contributed by atoms with Gasteiger partial charge >= 0.3 is 5.97 Å². The monoisotopic (exact) mass is 426 g/mol. The summed E-state index contributed by atoms with van der Waals surface area (Å²) in [5, 5.41) is 0. The molecule has 1 heterocycles. The zero-order valence-electron chi connectivity index (χ0n) is 18.0. The van der Waals surface area contributed by atoms with Gasteiger partial charge < -0.3 is 9.47 Å². The summed E-state index contributed by atoms with van der Waals surface area (Å²) in [7, 11) is 0. The fourth-order valence-corrected chi connectivity index (χ4v) is 4.84. The third-order valence-electron chi connectivity index (χ3n) is 6.57. The number of ketones is 1. The lowest BCUT2D eigenvalue weighted by molar-refractivity contribution is -0.143. The minimum absolute atomic E-state index is 0.192. The van der Waals surface area contributed by atoms with Gasteiger partial charge in [-0.25, -0.2) is 0 Å². The van der Waals surface area contributed by atoms with E-state index < -0.39 is 11.9 Å². The SMILES string of the molecule is O=C(COC(=O)C1c2ccccc2Oc2ccccc21)c1ccc(C2CCCCC2)cc1. The smallest absolute Gasteiger partial charge is 0.318 e. The third-order valence-corrected chi connectivity index (χ3v) is 6.57. The van der Waals surface area contributed by atoms with Crippen molar-refractivity contribution in [3.63, 3.8) is 0 Å². The lowest BCUT2D eigenvalue weighted by Gasteiger charge is -2.26. The molecule has 0 spiro atoms. The highest BCUT2D eigenvalue weighted by Crippen LogP contribution is 2.44. The summed E-state index contributed by atoms with van der Waals surface area (Å²) in [6, 6.07) is 22.7. The first-order valence-electron chi connectivity index (χ1n) is 11.4. The van der Waals surface area contributed by atoms with Crippen LogP contribution >= 0.6 is 0 Å². The van der Waals surface area contributed by atoms with E-state index in [2.05, 4.69) is 12.1 Å². The molecule has 0 unspecified atom stereocenters. The Bertz CT molecular complexity index is 1080. The van der Waals surface area contributed by atoms with E-state index in [4.69, 9.17) is 9.47 Å². The first-order valence-corrected chi connectivity index (χ1v) is 11.4. The molecule has 1 aliphatic carbocycles. The van der Waals surface area contributed by atoms with Crippen LogP contribution in [0.15, 0.2) is 72.8 Å². The minimum Gasteiger partial charge on any atom is -0.457 e. The second-order valence-electron chi connectivity index (χ2n) is 8.60. The van der Waals surface area contributed by atoms with Crippen LogP contribution in [0.1, 0.15) is 71.0 Å². The van der Waals surface area contributed by atoms with Crippen molar-refractivity contribution in [2.24, 2.45) is 0 Å². The van der Waals surface area contributed by atoms with Crippen molar-refractivity contribution < 1.29 is 19.1 Å². The van der Waals surface area contributed by atoms with Crippen molar-refractivity contribution in [1.82, 2.24) is 0 Å². The molecule has 0 radical (unpaired) electrons. The van der Waals surface area contributed by atoms with E-state index in [1.807, 2.05) is 60.7 Å². The standard InChI is InChI=1S/C28H26O4/c29-24(21-16-14-20(15-17-21)19-8-2-1-3-9-19)18-31-28(30)27-22-10-4-6-12-25(22)32-26-13-7-5-11-23(26)27/h4-7,10-17,19,27H,1-3,8-9,18H2. The molecule has 162 valence electrons. The number of Topliss-reactive ketones (excluding diaryl/α,β-unsaturated/α-hetero) is 1. The summed E-state index contributed by atoms with van der Waals surface area (Å²) < 4.78 is 11.5. The summed E-state index contributed by atoms with van der Waals surface area (Å²) in [6.07, 6.45) is 6.32. The lowest BCUT2D eigenvalue weighted by Crippen LogP contribution is -2.23. The van der Waals surface area contributed by atoms with Crippen molar-refractivity contribution in [2.45, 2.75) is 43.9 Å². The molecule has 0 saturated heterocycles. The van der Waals surface area contributed by atoms with Gasteiger partial charge in [0, 0.05) is 16.7 Å². The average Bonchev–Trinajstić information content (AvgIpc) is 2.86. The van der Waals surface area contributed by atoms with Gasteiger partial charge in [0.2, 0.25) is 0 Å². The van der Waals surface area contributed by atoms with Crippen molar-refractivity contribution in [3.05, 3.63) is 95.1 Å². The predicted molar refractivity (Wildman–Crippen MR) is 122 cm³/mol. The fraction of sp³-hybridized carbons (Fsp3) is 0.286. The molecule has 0 N–H and O–H groups in total. The molecule has 1 fully saturated rings. The lowest BCUT2D eigenvalue weighted by atomic mass is 9.84. The molecule has 0 atom stereocenters. The molecule has 32 heavy (non-hydrogen) atoms. The molecule has 1 saturated carbocycles. The number of fused-ring (bicyclic) bond motifs is 2. The van der Waals surface area contributed by atoms with Crippen LogP contribution in [-0.4, -0.2) is 18.4 Å². The number of carbonyl (C=O) groups is 2. The number of benzene rings is 3. The van der Waals surface area contributed by atoms with E-state index in [1.54, 1.807) is 0 Å². The molecule has 5 rings (SSSR count). The Labute approximate surface area is 188 Å². The topological polar surface area (TPSA) is 52.6 Å². The molecule has 0 amide bonds. The maximum absolute atomic E-state index is 13.1. The number of ether oxygens (including phenoxy) is 2. The Kier molecular flexibility index (Phi) is 5.76. The van der Waals surface area contributed by atoms with Crippen molar-refractivity contribution >= 4 is 11.8 Å². The second-order valence-corrected chi connectivity index (χ2v) is 8.60. The first kappa shape index (κ1) is 20.5. The van der Waals surface area contributed by atoms with Crippen LogP contribution in [0.2, 0.25) is 0 Å². The molecule has 4 heteroatoms. The summed E-state index contributed by atoms with van der Waals surface area (Å²) >= 11 is 0. The first-order chi connectivity index (χ1) is 15.7. The second kappa shape index (κ2) is 8.99. The fourth-order valence-electron chi connectivity index (χ4n) is 4.84. The maximum atomic E-state index is 13.1. The molecular weight excluding hydrogens is 400 g/mol. The Morgan fingerprint density at radius 3 is 2.00 bits per heavy atom. The van der Waals surface area contributed by atoms with Crippen LogP contribution in [0.5, 0.6) is 11.5 Å². The van der Waals surface area contributed by atoms with Gasteiger partial charge in [-0.1, -0.05) is 79.9 Å². The summed E-state index contributed by atoms with van der Waals surface area (Å²) in [6.45, 7) is -0.275. The Balaban J connectivity index is 1.28. The minimum atomic E-state index is -0.613. The van der Waals surface area contributed by atoms with Gasteiger partial charge in [-0.3, -0.25) is 9.59 Å². The van der Waals surface area contributed by atoms with Crippen LogP contribution in [0.3, 0.4) is 0 Å². The molecule has 0 aromatic heterocycles. The van der Waals surface area contributed by atoms with Gasteiger partial charge in [-0.2, -0.15) is 0 Å². The largest absolute Gasteiger partial charge is 0.457 e. The van der Waals surface area contributed by atoms with E-state index in [1.165, 1.54) is 37.7 Å². The van der Waals surface area contributed by atoms with E-state index in [-0.39, 0.29) is 12.4 Å². The van der Waals surface area contributed by atoms with E-state index >= 15 is 0 Å². The van der Waals surface area contributed by atoms with Crippen LogP contribution < -0.4 is 4.74 Å². The van der Waals surface area contributed by atoms with Crippen molar-refractivity contribution in [2.75, 3.05) is 6.61 Å². The van der Waals surface area contributed by atoms with Gasteiger partial charge in [-0.05, 0) is 36.5 Å². The number of hydrogen-bond acceptors (Lipinski definition) is 4. The number of rotatable bonds is 5. The van der Waals surface area contributed by atoms with Gasteiger partial charge in [0.1, 0.15) is 17.4 Å². The molecule has 4 nitrogen and oxygen atoms in total.